The molecule has 0 spiro atoms. The molecule has 0 bridgehead atoms. The summed E-state index contributed by atoms with van der Waals surface area (Å²) in [6.07, 6.45) is 2.70. The van der Waals surface area contributed by atoms with Crippen molar-refractivity contribution in [3.63, 3.8) is 0 Å². The summed E-state index contributed by atoms with van der Waals surface area (Å²) in [5.41, 5.74) is 2.75. The Balaban J connectivity index is 1.62. The fourth-order valence-electron chi connectivity index (χ4n) is 3.98. The number of benzene rings is 2. The number of anilines is 1. The Bertz CT molecular complexity index is 1300. The number of carbonyl (C=O) groups excluding carboxylic acids is 1. The fourth-order valence-corrected chi connectivity index (χ4v) is 5.68. The molecule has 2 N–H and O–H groups in total. The van der Waals surface area contributed by atoms with E-state index in [4.69, 9.17) is 9.47 Å². The Labute approximate surface area is 199 Å². The van der Waals surface area contributed by atoms with E-state index in [1.165, 1.54) is 18.5 Å². The van der Waals surface area contributed by atoms with Crippen LogP contribution in [0.1, 0.15) is 35.3 Å². The molecule has 1 aromatic heterocycles. The molecule has 2 aromatic carbocycles. The van der Waals surface area contributed by atoms with Crippen molar-refractivity contribution in [2.75, 3.05) is 32.6 Å². The van der Waals surface area contributed by atoms with Gasteiger partial charge >= 0.3 is 0 Å². The molecule has 0 atom stereocenters. The van der Waals surface area contributed by atoms with E-state index in [-0.39, 0.29) is 16.3 Å². The van der Waals surface area contributed by atoms with Crippen molar-refractivity contribution in [3.8, 4) is 22.8 Å². The monoisotopic (exact) mass is 484 g/mol. The Hall–Kier alpha value is -3.37. The zero-order valence-electron chi connectivity index (χ0n) is 19.4. The van der Waals surface area contributed by atoms with Crippen LogP contribution in [-0.4, -0.2) is 56.1 Å². The molecule has 34 heavy (non-hydrogen) atoms. The highest BCUT2D eigenvalue weighted by Gasteiger charge is 2.29. The van der Waals surface area contributed by atoms with Gasteiger partial charge in [0, 0.05) is 18.7 Å². The molecule has 10 heteroatoms. The molecule has 3 aromatic rings. The first-order valence-electron chi connectivity index (χ1n) is 11.0. The van der Waals surface area contributed by atoms with Gasteiger partial charge in [0.1, 0.15) is 22.1 Å². The number of sulfonamides is 1. The Kier molecular flexibility index (Phi) is 6.90. The molecule has 1 amide bonds. The Morgan fingerprint density at radius 3 is 2.41 bits per heavy atom. The zero-order valence-corrected chi connectivity index (χ0v) is 20.2. The van der Waals surface area contributed by atoms with Crippen LogP contribution in [0.3, 0.4) is 0 Å². The molecule has 4 rings (SSSR count). The minimum atomic E-state index is -3.72. The van der Waals surface area contributed by atoms with E-state index < -0.39 is 15.9 Å². The summed E-state index contributed by atoms with van der Waals surface area (Å²) in [6, 6.07) is 11.9. The number of piperidine rings is 1. The summed E-state index contributed by atoms with van der Waals surface area (Å²) >= 11 is 0. The quantitative estimate of drug-likeness (QED) is 0.527. The van der Waals surface area contributed by atoms with E-state index in [9.17, 15) is 13.2 Å². The maximum Gasteiger partial charge on any atom is 0.273 e. The number of hydrogen-bond acceptors (Lipinski definition) is 6. The van der Waals surface area contributed by atoms with Crippen molar-refractivity contribution in [1.82, 2.24) is 14.5 Å². The van der Waals surface area contributed by atoms with Gasteiger partial charge in [-0.3, -0.25) is 9.89 Å². The van der Waals surface area contributed by atoms with Crippen molar-refractivity contribution >= 4 is 21.6 Å². The highest BCUT2D eigenvalue weighted by molar-refractivity contribution is 7.89. The highest BCUT2D eigenvalue weighted by atomic mass is 32.2. The summed E-state index contributed by atoms with van der Waals surface area (Å²) in [7, 11) is -0.739. The summed E-state index contributed by atoms with van der Waals surface area (Å²) < 4.78 is 38.8. The first-order valence-corrected chi connectivity index (χ1v) is 12.5. The number of H-pyrrole nitrogens is 1. The molecule has 1 aliphatic rings. The largest absolute Gasteiger partial charge is 0.495 e. The van der Waals surface area contributed by atoms with Gasteiger partial charge in [-0.05, 0) is 61.7 Å². The summed E-state index contributed by atoms with van der Waals surface area (Å²) in [5, 5.41) is 9.79. The smallest absolute Gasteiger partial charge is 0.273 e. The van der Waals surface area contributed by atoms with Crippen molar-refractivity contribution in [1.29, 1.82) is 0 Å². The number of aromatic nitrogens is 2. The van der Waals surface area contributed by atoms with E-state index in [2.05, 4.69) is 15.5 Å². The number of methoxy groups -OCH3 is 2. The number of aromatic amines is 1. The van der Waals surface area contributed by atoms with Crippen molar-refractivity contribution in [2.45, 2.75) is 31.1 Å². The van der Waals surface area contributed by atoms with Gasteiger partial charge in [-0.15, -0.1) is 0 Å². The van der Waals surface area contributed by atoms with Crippen LogP contribution in [0.2, 0.25) is 0 Å². The topological polar surface area (TPSA) is 114 Å². The van der Waals surface area contributed by atoms with Gasteiger partial charge in [-0.25, -0.2) is 8.42 Å². The number of nitrogens with one attached hydrogen (secondary N) is 2. The molecule has 180 valence electrons. The molecule has 2 heterocycles. The molecule has 0 radical (unpaired) electrons. The van der Waals surface area contributed by atoms with Gasteiger partial charge in [-0.2, -0.15) is 9.40 Å². The predicted molar refractivity (Wildman–Crippen MR) is 129 cm³/mol. The Morgan fingerprint density at radius 1 is 1.00 bits per heavy atom. The molecule has 1 aliphatic heterocycles. The van der Waals surface area contributed by atoms with Crippen LogP contribution in [0, 0.1) is 6.92 Å². The number of aryl methyl sites for hydroxylation is 1. The van der Waals surface area contributed by atoms with Gasteiger partial charge < -0.3 is 14.8 Å². The Morgan fingerprint density at radius 2 is 1.71 bits per heavy atom. The van der Waals surface area contributed by atoms with Gasteiger partial charge in [-0.1, -0.05) is 12.5 Å². The molecule has 9 nitrogen and oxygen atoms in total. The summed E-state index contributed by atoms with van der Waals surface area (Å²) in [6.45, 7) is 2.90. The average molecular weight is 485 g/mol. The van der Waals surface area contributed by atoms with E-state index in [1.807, 2.05) is 19.1 Å². The standard InChI is InChI=1S/C24H28N4O5S/c1-16-7-9-21(32-2)19(13-16)25-24(29)20-15-18(26-27-20)17-8-10-22(33-3)23(14-17)34(30,31)28-11-5-4-6-12-28/h7-10,13-15H,4-6,11-12H2,1-3H3,(H,25,29)(H,26,27). The van der Waals surface area contributed by atoms with Gasteiger partial charge in [0.25, 0.3) is 5.91 Å². The molecular formula is C24H28N4O5S. The van der Waals surface area contributed by atoms with E-state index in [0.29, 0.717) is 35.8 Å². The molecule has 0 saturated carbocycles. The van der Waals surface area contributed by atoms with Crippen LogP contribution < -0.4 is 14.8 Å². The summed E-state index contributed by atoms with van der Waals surface area (Å²) in [4.78, 5) is 12.9. The number of rotatable bonds is 7. The van der Waals surface area contributed by atoms with Crippen molar-refractivity contribution in [2.24, 2.45) is 0 Å². The third-order valence-corrected chi connectivity index (χ3v) is 7.74. The van der Waals surface area contributed by atoms with Crippen LogP contribution in [0.5, 0.6) is 11.5 Å². The fraction of sp³-hybridized carbons (Fsp3) is 0.333. The molecular weight excluding hydrogens is 456 g/mol. The molecule has 0 aliphatic carbocycles. The van der Waals surface area contributed by atoms with Crippen LogP contribution in [0.15, 0.2) is 47.4 Å². The van der Waals surface area contributed by atoms with Crippen molar-refractivity contribution < 1.29 is 22.7 Å². The summed E-state index contributed by atoms with van der Waals surface area (Å²) in [5.74, 6) is 0.424. The van der Waals surface area contributed by atoms with Crippen LogP contribution >= 0.6 is 0 Å². The lowest BCUT2D eigenvalue weighted by Crippen LogP contribution is -2.35. The lowest BCUT2D eigenvalue weighted by molar-refractivity contribution is 0.102. The number of carbonyl (C=O) groups is 1. The minimum absolute atomic E-state index is 0.0906. The van der Waals surface area contributed by atoms with E-state index in [1.54, 1.807) is 30.3 Å². The van der Waals surface area contributed by atoms with E-state index in [0.717, 1.165) is 24.8 Å². The van der Waals surface area contributed by atoms with Crippen LogP contribution in [0.25, 0.3) is 11.3 Å². The zero-order chi connectivity index (χ0) is 24.3. The van der Waals surface area contributed by atoms with Gasteiger partial charge in [0.15, 0.2) is 0 Å². The normalized spacial score (nSPS) is 14.6. The molecule has 1 saturated heterocycles. The second-order valence-corrected chi connectivity index (χ2v) is 10.1. The second-order valence-electron chi connectivity index (χ2n) is 8.16. The van der Waals surface area contributed by atoms with Gasteiger partial charge in [0.05, 0.1) is 25.6 Å². The predicted octanol–water partition coefficient (Wildman–Crippen LogP) is 3.83. The third kappa shape index (κ3) is 4.78. The van der Waals surface area contributed by atoms with E-state index >= 15 is 0 Å². The number of ether oxygens (including phenoxy) is 2. The maximum absolute atomic E-state index is 13.3. The maximum atomic E-state index is 13.3. The lowest BCUT2D eigenvalue weighted by atomic mass is 10.1. The SMILES string of the molecule is COc1ccc(C)cc1NC(=O)c1cc(-c2ccc(OC)c(S(=O)(=O)N3CCCCC3)c2)n[nH]1. The first-order chi connectivity index (χ1) is 16.3. The van der Waals surface area contributed by atoms with Crippen molar-refractivity contribution in [3.05, 3.63) is 53.7 Å². The molecule has 1 fully saturated rings. The van der Waals surface area contributed by atoms with Crippen LogP contribution in [0.4, 0.5) is 5.69 Å². The minimum Gasteiger partial charge on any atom is -0.495 e. The number of amides is 1. The highest BCUT2D eigenvalue weighted by Crippen LogP contribution is 2.33. The molecule has 0 unspecified atom stereocenters. The van der Waals surface area contributed by atoms with Crippen LogP contribution in [-0.2, 0) is 10.0 Å². The van der Waals surface area contributed by atoms with Gasteiger partial charge in [0.2, 0.25) is 10.0 Å². The average Bonchev–Trinajstić information content (AvgIpc) is 3.35. The first kappa shape index (κ1) is 23.8. The third-order valence-electron chi connectivity index (χ3n) is 5.82. The lowest BCUT2D eigenvalue weighted by Gasteiger charge is -2.26. The second kappa shape index (κ2) is 9.86. The number of hydrogen-bond donors (Lipinski definition) is 2. The number of nitrogens with zero attached hydrogens (tertiary/aromatic N) is 2.